The molecule has 0 saturated carbocycles. The number of rotatable bonds is 8. The zero-order chi connectivity index (χ0) is 20.0. The molecule has 1 aliphatic heterocycles. The number of nitrogens with zero attached hydrogens (tertiary/aromatic N) is 2. The van der Waals surface area contributed by atoms with Gasteiger partial charge >= 0.3 is 0 Å². The lowest BCUT2D eigenvalue weighted by Crippen LogP contribution is -2.47. The summed E-state index contributed by atoms with van der Waals surface area (Å²) in [4.78, 5) is 15.0. The highest BCUT2D eigenvalue weighted by Crippen LogP contribution is 2.27. The fraction of sp³-hybridized carbons (Fsp3) is 0.450. The van der Waals surface area contributed by atoms with Crippen LogP contribution in [0.3, 0.4) is 0 Å². The van der Waals surface area contributed by atoms with Crippen LogP contribution < -0.4 is 0 Å². The zero-order valence-electron chi connectivity index (χ0n) is 16.0. The van der Waals surface area contributed by atoms with E-state index in [-0.39, 0.29) is 18.4 Å². The quantitative estimate of drug-likeness (QED) is 0.656. The highest BCUT2D eigenvalue weighted by atomic mass is 32.2. The first-order chi connectivity index (χ1) is 13.5. The SMILES string of the molecule is COCCN(Cc1ccccc1)C(=O)C1CCCN(S(=O)(=O)c2cccs2)C1. The summed E-state index contributed by atoms with van der Waals surface area (Å²) in [5.74, 6) is -0.337. The lowest BCUT2D eigenvalue weighted by Gasteiger charge is -2.34. The Labute approximate surface area is 170 Å². The van der Waals surface area contributed by atoms with Crippen molar-refractivity contribution in [2.75, 3.05) is 33.4 Å². The monoisotopic (exact) mass is 422 g/mol. The molecule has 1 atom stereocenters. The molecule has 1 unspecified atom stereocenters. The van der Waals surface area contributed by atoms with E-state index in [4.69, 9.17) is 4.74 Å². The summed E-state index contributed by atoms with van der Waals surface area (Å²) in [6, 6.07) is 13.2. The molecule has 1 aromatic heterocycles. The van der Waals surface area contributed by atoms with Crippen LogP contribution >= 0.6 is 11.3 Å². The number of ether oxygens (including phenoxy) is 1. The molecule has 1 aliphatic rings. The molecule has 1 amide bonds. The number of sulfonamides is 1. The third-order valence-corrected chi connectivity index (χ3v) is 8.15. The van der Waals surface area contributed by atoms with Gasteiger partial charge in [0, 0.05) is 33.3 Å². The number of benzene rings is 1. The normalized spacial score (nSPS) is 18.1. The van der Waals surface area contributed by atoms with Gasteiger partial charge < -0.3 is 9.64 Å². The van der Waals surface area contributed by atoms with Crippen molar-refractivity contribution in [3.63, 3.8) is 0 Å². The molecule has 1 aromatic carbocycles. The molecular formula is C20H26N2O4S2. The van der Waals surface area contributed by atoms with Crippen LogP contribution in [0.5, 0.6) is 0 Å². The Morgan fingerprint density at radius 1 is 1.25 bits per heavy atom. The molecule has 6 nitrogen and oxygen atoms in total. The van der Waals surface area contributed by atoms with Crippen LogP contribution in [0, 0.1) is 5.92 Å². The second-order valence-electron chi connectivity index (χ2n) is 6.87. The van der Waals surface area contributed by atoms with Gasteiger partial charge in [0.1, 0.15) is 4.21 Å². The molecule has 0 aliphatic carbocycles. The average Bonchev–Trinajstić information content (AvgIpc) is 3.27. The summed E-state index contributed by atoms with van der Waals surface area (Å²) in [7, 11) is -1.92. The second-order valence-corrected chi connectivity index (χ2v) is 9.98. The van der Waals surface area contributed by atoms with Crippen molar-refractivity contribution in [2.45, 2.75) is 23.6 Å². The van der Waals surface area contributed by atoms with Crippen LogP contribution in [-0.4, -0.2) is 56.9 Å². The van der Waals surface area contributed by atoms with Crippen molar-refractivity contribution >= 4 is 27.3 Å². The molecule has 2 aromatic rings. The first-order valence-electron chi connectivity index (χ1n) is 9.37. The summed E-state index contributed by atoms with van der Waals surface area (Å²) < 4.78 is 32.6. The molecule has 28 heavy (non-hydrogen) atoms. The minimum atomic E-state index is -3.53. The van der Waals surface area contributed by atoms with E-state index in [1.165, 1.54) is 15.6 Å². The van der Waals surface area contributed by atoms with E-state index in [0.717, 1.165) is 5.56 Å². The molecule has 1 saturated heterocycles. The molecule has 8 heteroatoms. The van der Waals surface area contributed by atoms with Gasteiger partial charge in [0.25, 0.3) is 10.0 Å². The fourth-order valence-electron chi connectivity index (χ4n) is 3.43. The number of carbonyl (C=O) groups excluding carboxylic acids is 1. The van der Waals surface area contributed by atoms with Crippen LogP contribution in [0.15, 0.2) is 52.1 Å². The Balaban J connectivity index is 1.73. The van der Waals surface area contributed by atoms with Crippen molar-refractivity contribution in [3.8, 4) is 0 Å². The highest BCUT2D eigenvalue weighted by molar-refractivity contribution is 7.91. The van der Waals surface area contributed by atoms with Gasteiger partial charge in [0.05, 0.1) is 12.5 Å². The van der Waals surface area contributed by atoms with Crippen LogP contribution in [0.2, 0.25) is 0 Å². The van der Waals surface area contributed by atoms with Gasteiger partial charge in [0.2, 0.25) is 5.91 Å². The van der Waals surface area contributed by atoms with Crippen molar-refractivity contribution in [1.82, 2.24) is 9.21 Å². The van der Waals surface area contributed by atoms with E-state index in [2.05, 4.69) is 0 Å². The van der Waals surface area contributed by atoms with Crippen molar-refractivity contribution in [1.29, 1.82) is 0 Å². The number of carbonyl (C=O) groups is 1. The lowest BCUT2D eigenvalue weighted by atomic mass is 9.97. The third-order valence-electron chi connectivity index (χ3n) is 4.92. The van der Waals surface area contributed by atoms with E-state index < -0.39 is 10.0 Å². The Bertz CT molecular complexity index is 854. The predicted molar refractivity (Wildman–Crippen MR) is 110 cm³/mol. The Kier molecular flexibility index (Phi) is 7.23. The summed E-state index contributed by atoms with van der Waals surface area (Å²) >= 11 is 1.21. The van der Waals surface area contributed by atoms with Gasteiger partial charge in [-0.1, -0.05) is 36.4 Å². The third kappa shape index (κ3) is 5.00. The van der Waals surface area contributed by atoms with Gasteiger partial charge in [-0.25, -0.2) is 8.42 Å². The van der Waals surface area contributed by atoms with Crippen LogP contribution in [0.4, 0.5) is 0 Å². The van der Waals surface area contributed by atoms with Gasteiger partial charge in [-0.2, -0.15) is 4.31 Å². The molecule has 0 N–H and O–H groups in total. The number of hydrogen-bond donors (Lipinski definition) is 0. The summed E-state index contributed by atoms with van der Waals surface area (Å²) in [6.07, 6.45) is 1.39. The van der Waals surface area contributed by atoms with E-state index in [0.29, 0.717) is 43.3 Å². The molecule has 1 fully saturated rings. The minimum absolute atomic E-state index is 0.00742. The lowest BCUT2D eigenvalue weighted by molar-refractivity contribution is -0.138. The summed E-state index contributed by atoms with van der Waals surface area (Å²) in [5.41, 5.74) is 1.05. The smallest absolute Gasteiger partial charge is 0.252 e. The molecule has 152 valence electrons. The number of methoxy groups -OCH3 is 1. The van der Waals surface area contributed by atoms with Gasteiger partial charge in [-0.05, 0) is 29.9 Å². The van der Waals surface area contributed by atoms with E-state index in [1.54, 1.807) is 29.5 Å². The minimum Gasteiger partial charge on any atom is -0.383 e. The standard InChI is InChI=1S/C20H26N2O4S2/c1-26-13-12-21(15-17-7-3-2-4-8-17)20(23)18-9-5-11-22(16-18)28(24,25)19-10-6-14-27-19/h2-4,6-8,10,14,18H,5,9,11-13,15-16H2,1H3. The summed E-state index contributed by atoms with van der Waals surface area (Å²) in [5, 5.41) is 1.76. The van der Waals surface area contributed by atoms with E-state index >= 15 is 0 Å². The maximum absolute atomic E-state index is 13.2. The highest BCUT2D eigenvalue weighted by Gasteiger charge is 2.35. The predicted octanol–water partition coefficient (Wildman–Crippen LogP) is 2.82. The molecule has 2 heterocycles. The van der Waals surface area contributed by atoms with Crippen LogP contribution in [0.1, 0.15) is 18.4 Å². The average molecular weight is 423 g/mol. The fourth-order valence-corrected chi connectivity index (χ4v) is 6.10. The van der Waals surface area contributed by atoms with Gasteiger partial charge in [-0.3, -0.25) is 4.79 Å². The Hall–Kier alpha value is -1.74. The first kappa shape index (κ1) is 21.0. The maximum Gasteiger partial charge on any atom is 0.252 e. The Morgan fingerprint density at radius 2 is 2.04 bits per heavy atom. The van der Waals surface area contributed by atoms with E-state index in [9.17, 15) is 13.2 Å². The molecule has 0 radical (unpaired) electrons. The molecular weight excluding hydrogens is 396 g/mol. The first-order valence-corrected chi connectivity index (χ1v) is 11.7. The Morgan fingerprint density at radius 3 is 2.71 bits per heavy atom. The number of thiophene rings is 1. The van der Waals surface area contributed by atoms with Crippen molar-refractivity contribution in [2.24, 2.45) is 5.92 Å². The molecule has 3 rings (SSSR count). The van der Waals surface area contributed by atoms with Gasteiger partial charge in [0.15, 0.2) is 0 Å². The summed E-state index contributed by atoms with van der Waals surface area (Å²) in [6.45, 7) is 2.12. The second kappa shape index (κ2) is 9.65. The van der Waals surface area contributed by atoms with E-state index in [1.807, 2.05) is 30.3 Å². The molecule has 0 spiro atoms. The number of hydrogen-bond acceptors (Lipinski definition) is 5. The zero-order valence-corrected chi connectivity index (χ0v) is 17.6. The van der Waals surface area contributed by atoms with Gasteiger partial charge in [-0.15, -0.1) is 11.3 Å². The maximum atomic E-state index is 13.2. The van der Waals surface area contributed by atoms with Crippen molar-refractivity contribution < 1.29 is 17.9 Å². The van der Waals surface area contributed by atoms with Crippen molar-refractivity contribution in [3.05, 3.63) is 53.4 Å². The van der Waals surface area contributed by atoms with Crippen LogP contribution in [-0.2, 0) is 26.1 Å². The topological polar surface area (TPSA) is 66.9 Å². The number of piperidine rings is 1. The molecule has 0 bridgehead atoms. The number of amides is 1. The largest absolute Gasteiger partial charge is 0.383 e. The van der Waals surface area contributed by atoms with Crippen LogP contribution in [0.25, 0.3) is 0 Å².